The van der Waals surface area contributed by atoms with Gasteiger partial charge in [-0.05, 0) is 37.3 Å². The van der Waals surface area contributed by atoms with E-state index in [1.54, 1.807) is 13.2 Å². The molecule has 3 nitrogen and oxygen atoms in total. The van der Waals surface area contributed by atoms with Crippen molar-refractivity contribution in [1.82, 2.24) is 0 Å². The van der Waals surface area contributed by atoms with E-state index in [1.807, 2.05) is 6.07 Å². The third-order valence-electron chi connectivity index (χ3n) is 3.74. The number of halogens is 1. The zero-order chi connectivity index (χ0) is 13.7. The second-order valence-electron chi connectivity index (χ2n) is 5.09. The lowest BCUT2D eigenvalue weighted by atomic mass is 9.95. The number of methoxy groups -OCH3 is 1. The molecule has 0 aromatic heterocycles. The van der Waals surface area contributed by atoms with E-state index < -0.39 is 0 Å². The third-order valence-corrected chi connectivity index (χ3v) is 3.74. The van der Waals surface area contributed by atoms with Gasteiger partial charge in [-0.25, -0.2) is 4.39 Å². The average molecular weight is 267 g/mol. The lowest BCUT2D eigenvalue weighted by Crippen LogP contribution is -2.27. The Labute approximate surface area is 113 Å². The molecule has 2 unspecified atom stereocenters. The molecule has 4 heteroatoms. The van der Waals surface area contributed by atoms with Gasteiger partial charge in [0.25, 0.3) is 0 Å². The maximum Gasteiger partial charge on any atom is 0.129 e. The van der Waals surface area contributed by atoms with E-state index in [-0.39, 0.29) is 18.0 Å². The highest BCUT2D eigenvalue weighted by Gasteiger charge is 2.22. The molecule has 0 bridgehead atoms. The molecule has 0 heterocycles. The van der Waals surface area contributed by atoms with Crippen molar-refractivity contribution in [3.63, 3.8) is 0 Å². The number of nitrogens with two attached hydrogens (primary N) is 1. The van der Waals surface area contributed by atoms with Crippen LogP contribution in [0.3, 0.4) is 0 Å². The number of ether oxygens (including phenoxy) is 2. The normalized spacial score (nSPS) is 23.5. The van der Waals surface area contributed by atoms with Gasteiger partial charge in [0.1, 0.15) is 5.82 Å². The Balaban J connectivity index is 1.88. The second kappa shape index (κ2) is 6.98. The van der Waals surface area contributed by atoms with Crippen molar-refractivity contribution >= 4 is 0 Å². The molecule has 0 aliphatic heterocycles. The lowest BCUT2D eigenvalue weighted by molar-refractivity contribution is -0.0369. The van der Waals surface area contributed by atoms with Crippen LogP contribution in [0.4, 0.5) is 4.39 Å². The van der Waals surface area contributed by atoms with Crippen LogP contribution in [0.1, 0.15) is 36.8 Å². The van der Waals surface area contributed by atoms with E-state index in [2.05, 4.69) is 0 Å². The topological polar surface area (TPSA) is 44.5 Å². The van der Waals surface area contributed by atoms with Gasteiger partial charge in [0.2, 0.25) is 0 Å². The summed E-state index contributed by atoms with van der Waals surface area (Å²) in [6.45, 7) is 0.675. The molecular formula is C15H22FNO2. The molecule has 0 saturated heterocycles. The SMILES string of the molecule is COC1CCCC(OCc2ccc(CN)cc2F)C1. The van der Waals surface area contributed by atoms with Crippen LogP contribution in [0.15, 0.2) is 18.2 Å². The van der Waals surface area contributed by atoms with Gasteiger partial charge in [0.05, 0.1) is 18.8 Å². The molecule has 1 aliphatic rings. The van der Waals surface area contributed by atoms with Gasteiger partial charge in [-0.1, -0.05) is 12.1 Å². The first-order chi connectivity index (χ1) is 9.22. The third kappa shape index (κ3) is 4.00. The van der Waals surface area contributed by atoms with Crippen molar-refractivity contribution in [2.24, 2.45) is 5.73 Å². The Bertz CT molecular complexity index is 411. The highest BCUT2D eigenvalue weighted by atomic mass is 19.1. The van der Waals surface area contributed by atoms with E-state index in [9.17, 15) is 4.39 Å². The fourth-order valence-corrected chi connectivity index (χ4v) is 2.51. The summed E-state index contributed by atoms with van der Waals surface area (Å²) in [6.07, 6.45) is 4.59. The molecule has 1 aliphatic carbocycles. The predicted molar refractivity (Wildman–Crippen MR) is 72.1 cm³/mol. The molecule has 0 spiro atoms. The molecular weight excluding hydrogens is 245 g/mol. The van der Waals surface area contributed by atoms with Crippen LogP contribution < -0.4 is 5.73 Å². The largest absolute Gasteiger partial charge is 0.381 e. The lowest BCUT2D eigenvalue weighted by Gasteiger charge is -2.28. The highest BCUT2D eigenvalue weighted by molar-refractivity contribution is 5.23. The second-order valence-corrected chi connectivity index (χ2v) is 5.09. The molecule has 1 aromatic carbocycles. The van der Waals surface area contributed by atoms with Crippen LogP contribution in [0, 0.1) is 5.82 Å². The summed E-state index contributed by atoms with van der Waals surface area (Å²) in [5.41, 5.74) is 6.88. The van der Waals surface area contributed by atoms with Gasteiger partial charge in [0, 0.05) is 19.2 Å². The summed E-state index contributed by atoms with van der Waals surface area (Å²) < 4.78 is 24.9. The van der Waals surface area contributed by atoms with Crippen molar-refractivity contribution in [2.45, 2.75) is 51.0 Å². The summed E-state index contributed by atoms with van der Waals surface area (Å²) in [6, 6.07) is 5.09. The molecule has 1 aromatic rings. The van der Waals surface area contributed by atoms with Crippen LogP contribution in [0.2, 0.25) is 0 Å². The molecule has 0 amide bonds. The summed E-state index contributed by atoms with van der Waals surface area (Å²) in [7, 11) is 1.73. The predicted octanol–water partition coefficient (Wildman–Crippen LogP) is 2.76. The minimum atomic E-state index is -0.234. The molecule has 19 heavy (non-hydrogen) atoms. The van der Waals surface area contributed by atoms with Crippen molar-refractivity contribution in [3.05, 3.63) is 35.1 Å². The first-order valence-electron chi connectivity index (χ1n) is 6.84. The van der Waals surface area contributed by atoms with E-state index in [0.717, 1.165) is 31.2 Å². The first-order valence-corrected chi connectivity index (χ1v) is 6.84. The van der Waals surface area contributed by atoms with Crippen LogP contribution in [0.5, 0.6) is 0 Å². The maximum atomic E-state index is 13.8. The number of hydrogen-bond donors (Lipinski definition) is 1. The highest BCUT2D eigenvalue weighted by Crippen LogP contribution is 2.24. The Morgan fingerprint density at radius 1 is 1.32 bits per heavy atom. The van der Waals surface area contributed by atoms with Gasteiger partial charge in [-0.15, -0.1) is 0 Å². The van der Waals surface area contributed by atoms with E-state index in [4.69, 9.17) is 15.2 Å². The Kier molecular flexibility index (Phi) is 5.31. The Hall–Kier alpha value is -0.970. The van der Waals surface area contributed by atoms with Gasteiger partial charge >= 0.3 is 0 Å². The zero-order valence-corrected chi connectivity index (χ0v) is 11.4. The Morgan fingerprint density at radius 2 is 2.11 bits per heavy atom. The van der Waals surface area contributed by atoms with Crippen LogP contribution in [-0.2, 0) is 22.6 Å². The monoisotopic (exact) mass is 267 g/mol. The van der Waals surface area contributed by atoms with Crippen LogP contribution >= 0.6 is 0 Å². The van der Waals surface area contributed by atoms with Gasteiger partial charge in [-0.2, -0.15) is 0 Å². The van der Waals surface area contributed by atoms with Crippen molar-refractivity contribution in [3.8, 4) is 0 Å². The number of benzene rings is 1. The molecule has 0 radical (unpaired) electrons. The minimum absolute atomic E-state index is 0.173. The first kappa shape index (κ1) is 14.4. The Morgan fingerprint density at radius 3 is 2.79 bits per heavy atom. The molecule has 2 N–H and O–H groups in total. The van der Waals surface area contributed by atoms with Crippen molar-refractivity contribution in [2.75, 3.05) is 7.11 Å². The minimum Gasteiger partial charge on any atom is -0.381 e. The van der Waals surface area contributed by atoms with Gasteiger partial charge in [-0.3, -0.25) is 0 Å². The van der Waals surface area contributed by atoms with E-state index in [1.165, 1.54) is 6.07 Å². The van der Waals surface area contributed by atoms with E-state index >= 15 is 0 Å². The van der Waals surface area contributed by atoms with Crippen molar-refractivity contribution < 1.29 is 13.9 Å². The van der Waals surface area contributed by atoms with Gasteiger partial charge in [0.15, 0.2) is 0 Å². The van der Waals surface area contributed by atoms with Crippen LogP contribution in [0.25, 0.3) is 0 Å². The zero-order valence-electron chi connectivity index (χ0n) is 11.4. The molecule has 2 rings (SSSR count). The summed E-state index contributed by atoms with van der Waals surface area (Å²) >= 11 is 0. The maximum absolute atomic E-state index is 13.8. The molecule has 1 fully saturated rings. The summed E-state index contributed by atoms with van der Waals surface area (Å²) in [5.74, 6) is -0.234. The summed E-state index contributed by atoms with van der Waals surface area (Å²) in [4.78, 5) is 0. The molecule has 106 valence electrons. The fourth-order valence-electron chi connectivity index (χ4n) is 2.51. The van der Waals surface area contributed by atoms with E-state index in [0.29, 0.717) is 18.7 Å². The fraction of sp³-hybridized carbons (Fsp3) is 0.600. The van der Waals surface area contributed by atoms with Crippen molar-refractivity contribution in [1.29, 1.82) is 0 Å². The number of hydrogen-bond acceptors (Lipinski definition) is 3. The smallest absolute Gasteiger partial charge is 0.129 e. The number of rotatable bonds is 5. The van der Waals surface area contributed by atoms with Gasteiger partial charge < -0.3 is 15.2 Å². The average Bonchev–Trinajstić information content (AvgIpc) is 2.46. The summed E-state index contributed by atoms with van der Waals surface area (Å²) in [5, 5.41) is 0. The molecule has 2 atom stereocenters. The molecule has 1 saturated carbocycles. The standard InChI is InChI=1S/C15H22FNO2/c1-18-13-3-2-4-14(8-13)19-10-12-6-5-11(9-17)7-15(12)16/h5-7,13-14H,2-4,8-10,17H2,1H3. The quantitative estimate of drug-likeness (QED) is 0.892. The van der Waals surface area contributed by atoms with Crippen LogP contribution in [-0.4, -0.2) is 19.3 Å².